The molecule has 0 rings (SSSR count). The molecule has 0 spiro atoms. The molecule has 4 heteroatoms. The highest BCUT2D eigenvalue weighted by atomic mass is 16.6. The fourth-order valence-corrected chi connectivity index (χ4v) is 6.72. The van der Waals surface area contributed by atoms with Gasteiger partial charge < -0.3 is 14.6 Å². The van der Waals surface area contributed by atoms with E-state index in [-0.39, 0.29) is 19.2 Å². The summed E-state index contributed by atoms with van der Waals surface area (Å²) in [6.45, 7) is 5.31. The lowest BCUT2D eigenvalue weighted by atomic mass is 10.0. The Morgan fingerprint density at radius 3 is 1.18 bits per heavy atom. The molecule has 1 unspecified atom stereocenters. The first kappa shape index (κ1) is 53.1. The number of aliphatic hydroxyl groups is 1. The van der Waals surface area contributed by atoms with Gasteiger partial charge in [0.05, 0.1) is 13.2 Å². The Labute approximate surface area is 343 Å². The van der Waals surface area contributed by atoms with Crippen LogP contribution in [-0.2, 0) is 14.3 Å². The van der Waals surface area contributed by atoms with Crippen molar-refractivity contribution in [2.24, 2.45) is 0 Å². The number of hydrogen-bond donors (Lipinski definition) is 1. The van der Waals surface area contributed by atoms with Crippen LogP contribution in [0.2, 0.25) is 0 Å². The molecule has 0 bridgehead atoms. The van der Waals surface area contributed by atoms with Crippen LogP contribution in [-0.4, -0.2) is 37.0 Å². The van der Waals surface area contributed by atoms with E-state index in [4.69, 9.17) is 9.47 Å². The molecule has 0 heterocycles. The molecular formula is C51H92O4. The van der Waals surface area contributed by atoms with E-state index >= 15 is 0 Å². The molecule has 0 aliphatic rings. The molecule has 0 aliphatic carbocycles. The summed E-state index contributed by atoms with van der Waals surface area (Å²) in [7, 11) is 0. The topological polar surface area (TPSA) is 55.8 Å². The Hall–Kier alpha value is -1.91. The van der Waals surface area contributed by atoms with Gasteiger partial charge in [-0.15, -0.1) is 0 Å². The second kappa shape index (κ2) is 48.2. The highest BCUT2D eigenvalue weighted by Gasteiger charge is 2.13. The third-order valence-electron chi connectivity index (χ3n) is 10.3. The Kier molecular flexibility index (Phi) is 46.6. The first-order chi connectivity index (χ1) is 27.2. The molecule has 0 aromatic carbocycles. The molecule has 55 heavy (non-hydrogen) atoms. The van der Waals surface area contributed by atoms with Crippen molar-refractivity contribution in [1.29, 1.82) is 0 Å². The maximum atomic E-state index is 12.2. The SMILES string of the molecule is CCCCC/C=C\C/C=C\CCCCCCCCCCOCC(CO)OC(=O)CCCCCCCCCCCC/C=C\C/C=C\C/C=C\CCCCCCC. The summed E-state index contributed by atoms with van der Waals surface area (Å²) in [6.07, 6.45) is 64.3. The van der Waals surface area contributed by atoms with Crippen LogP contribution in [0.3, 0.4) is 0 Å². The predicted octanol–water partition coefficient (Wildman–Crippen LogP) is 16.0. The maximum absolute atomic E-state index is 12.2. The highest BCUT2D eigenvalue weighted by molar-refractivity contribution is 5.69. The van der Waals surface area contributed by atoms with Crippen LogP contribution < -0.4 is 0 Å². The molecule has 4 nitrogen and oxygen atoms in total. The number of carbonyl (C=O) groups is 1. The van der Waals surface area contributed by atoms with Crippen LogP contribution in [0.4, 0.5) is 0 Å². The van der Waals surface area contributed by atoms with Crippen LogP contribution in [0.5, 0.6) is 0 Å². The van der Waals surface area contributed by atoms with Crippen molar-refractivity contribution in [3.8, 4) is 0 Å². The molecule has 0 radical (unpaired) electrons. The normalized spacial score (nSPS) is 12.9. The first-order valence-corrected chi connectivity index (χ1v) is 23.9. The summed E-state index contributed by atoms with van der Waals surface area (Å²) in [5.41, 5.74) is 0. The van der Waals surface area contributed by atoms with E-state index in [0.29, 0.717) is 13.0 Å². The van der Waals surface area contributed by atoms with Gasteiger partial charge >= 0.3 is 5.97 Å². The van der Waals surface area contributed by atoms with Gasteiger partial charge in [-0.05, 0) is 83.5 Å². The lowest BCUT2D eigenvalue weighted by Crippen LogP contribution is -2.27. The van der Waals surface area contributed by atoms with Gasteiger partial charge in [0.15, 0.2) is 0 Å². The van der Waals surface area contributed by atoms with Crippen molar-refractivity contribution < 1.29 is 19.4 Å². The summed E-state index contributed by atoms with van der Waals surface area (Å²) in [4.78, 5) is 12.2. The van der Waals surface area contributed by atoms with Crippen molar-refractivity contribution in [3.63, 3.8) is 0 Å². The average Bonchev–Trinajstić information content (AvgIpc) is 3.19. The molecule has 320 valence electrons. The number of carbonyl (C=O) groups excluding carboxylic acids is 1. The molecule has 0 aromatic rings. The summed E-state index contributed by atoms with van der Waals surface area (Å²) < 4.78 is 11.2. The Morgan fingerprint density at radius 1 is 0.436 bits per heavy atom. The van der Waals surface area contributed by atoms with Crippen LogP contribution in [0.15, 0.2) is 60.8 Å². The van der Waals surface area contributed by atoms with E-state index in [0.717, 1.165) is 38.5 Å². The molecule has 0 saturated heterocycles. The number of unbranched alkanes of at least 4 members (excludes halogenated alkanes) is 26. The number of allylic oxidation sites excluding steroid dienone is 10. The minimum absolute atomic E-state index is 0.177. The molecule has 0 aromatic heterocycles. The van der Waals surface area contributed by atoms with Crippen molar-refractivity contribution in [3.05, 3.63) is 60.8 Å². The van der Waals surface area contributed by atoms with Gasteiger partial charge in [0.1, 0.15) is 6.10 Å². The monoisotopic (exact) mass is 769 g/mol. The smallest absolute Gasteiger partial charge is 0.306 e. The largest absolute Gasteiger partial charge is 0.457 e. The first-order valence-electron chi connectivity index (χ1n) is 23.9. The lowest BCUT2D eigenvalue weighted by Gasteiger charge is -2.16. The van der Waals surface area contributed by atoms with Crippen molar-refractivity contribution in [2.45, 2.75) is 238 Å². The second-order valence-electron chi connectivity index (χ2n) is 15.8. The number of aliphatic hydroxyl groups excluding tert-OH is 1. The second-order valence-corrected chi connectivity index (χ2v) is 15.8. The van der Waals surface area contributed by atoms with Crippen molar-refractivity contribution >= 4 is 5.97 Å². The summed E-state index contributed by atoms with van der Waals surface area (Å²) >= 11 is 0. The maximum Gasteiger partial charge on any atom is 0.306 e. The van der Waals surface area contributed by atoms with Crippen LogP contribution in [0.1, 0.15) is 232 Å². The summed E-state index contributed by atoms with van der Waals surface area (Å²) in [6, 6.07) is 0. The number of esters is 1. The Morgan fingerprint density at radius 2 is 0.764 bits per heavy atom. The van der Waals surface area contributed by atoms with Gasteiger partial charge in [0.2, 0.25) is 0 Å². The predicted molar refractivity (Wildman–Crippen MR) is 242 cm³/mol. The molecule has 0 amide bonds. The lowest BCUT2D eigenvalue weighted by molar-refractivity contribution is -0.154. The highest BCUT2D eigenvalue weighted by Crippen LogP contribution is 2.14. The van der Waals surface area contributed by atoms with E-state index in [9.17, 15) is 9.90 Å². The zero-order valence-electron chi connectivity index (χ0n) is 36.7. The number of hydrogen-bond acceptors (Lipinski definition) is 4. The minimum atomic E-state index is -0.542. The van der Waals surface area contributed by atoms with Gasteiger partial charge in [-0.25, -0.2) is 0 Å². The minimum Gasteiger partial charge on any atom is -0.457 e. The van der Waals surface area contributed by atoms with Crippen molar-refractivity contribution in [2.75, 3.05) is 19.8 Å². The van der Waals surface area contributed by atoms with E-state index in [1.165, 1.54) is 173 Å². The number of ether oxygens (including phenoxy) is 2. The van der Waals surface area contributed by atoms with Crippen LogP contribution in [0, 0.1) is 0 Å². The van der Waals surface area contributed by atoms with Gasteiger partial charge in [0.25, 0.3) is 0 Å². The summed E-state index contributed by atoms with van der Waals surface area (Å²) in [5, 5.41) is 9.63. The molecule has 1 N–H and O–H groups in total. The van der Waals surface area contributed by atoms with Gasteiger partial charge in [-0.1, -0.05) is 203 Å². The van der Waals surface area contributed by atoms with Crippen LogP contribution in [0.25, 0.3) is 0 Å². The number of rotatable bonds is 44. The van der Waals surface area contributed by atoms with E-state index in [2.05, 4.69) is 74.6 Å². The Balaban J connectivity index is 3.45. The quantitative estimate of drug-likeness (QED) is 0.0381. The molecule has 0 saturated carbocycles. The Bertz CT molecular complexity index is 900. The summed E-state index contributed by atoms with van der Waals surface area (Å²) in [5.74, 6) is -0.207. The van der Waals surface area contributed by atoms with Gasteiger partial charge in [-0.3, -0.25) is 4.79 Å². The fraction of sp³-hybridized carbons (Fsp3) is 0.784. The van der Waals surface area contributed by atoms with E-state index < -0.39 is 6.10 Å². The van der Waals surface area contributed by atoms with E-state index in [1.54, 1.807) is 0 Å². The molecule has 0 fully saturated rings. The fourth-order valence-electron chi connectivity index (χ4n) is 6.72. The third-order valence-corrected chi connectivity index (χ3v) is 10.3. The standard InChI is InChI=1S/C51H92O4/c1-3-5-7-9-11-13-15-17-19-21-23-24-25-26-27-28-29-30-32-34-36-38-40-42-44-46-51(53)55-50(48-52)49-54-47-45-43-41-39-37-35-33-31-22-20-18-16-14-12-10-8-6-4-2/h12,14-15,17-18,20-21,23,25-26,50,52H,3-11,13,16,19,22,24,27-49H2,1-2H3/b14-12-,17-15-,20-18-,23-21-,26-25-. The zero-order valence-corrected chi connectivity index (χ0v) is 36.7. The molecule has 1 atom stereocenters. The van der Waals surface area contributed by atoms with Crippen molar-refractivity contribution in [1.82, 2.24) is 0 Å². The van der Waals surface area contributed by atoms with E-state index in [1.807, 2.05) is 0 Å². The third kappa shape index (κ3) is 46.4. The average molecular weight is 769 g/mol. The molecule has 0 aliphatic heterocycles. The van der Waals surface area contributed by atoms with Gasteiger partial charge in [-0.2, -0.15) is 0 Å². The zero-order chi connectivity index (χ0) is 39.8. The molecular weight excluding hydrogens is 677 g/mol. The van der Waals surface area contributed by atoms with Crippen LogP contribution >= 0.6 is 0 Å². The van der Waals surface area contributed by atoms with Gasteiger partial charge in [0, 0.05) is 13.0 Å².